The van der Waals surface area contributed by atoms with Gasteiger partial charge in [-0.25, -0.2) is 8.78 Å². The third-order valence-electron chi connectivity index (χ3n) is 3.94. The second-order valence-electron chi connectivity index (χ2n) is 5.04. The molecule has 104 valence electrons. The van der Waals surface area contributed by atoms with Crippen molar-refractivity contribution in [2.24, 2.45) is 0 Å². The van der Waals surface area contributed by atoms with E-state index in [0.717, 1.165) is 5.39 Å². The number of hydrogen-bond acceptors (Lipinski definition) is 2. The average Bonchev–Trinajstić information content (AvgIpc) is 2.84. The highest BCUT2D eigenvalue weighted by molar-refractivity contribution is 5.78. The highest BCUT2D eigenvalue weighted by Gasteiger charge is 2.42. The number of fused-ring (bicyclic) bond motifs is 1. The summed E-state index contributed by atoms with van der Waals surface area (Å²) in [6, 6.07) is 6.80. The van der Waals surface area contributed by atoms with Crippen molar-refractivity contribution in [1.29, 1.82) is 0 Å². The van der Waals surface area contributed by atoms with Crippen LogP contribution in [0.25, 0.3) is 11.0 Å². The maximum Gasteiger partial charge on any atom is 0.249 e. The largest absolute Gasteiger partial charge is 0.464 e. The number of benzene rings is 1. The summed E-state index contributed by atoms with van der Waals surface area (Å²) >= 11 is 0. The first-order chi connectivity index (χ1) is 9.00. The van der Waals surface area contributed by atoms with Gasteiger partial charge in [-0.1, -0.05) is 19.1 Å². The van der Waals surface area contributed by atoms with Gasteiger partial charge in [-0.3, -0.25) is 0 Å². The zero-order valence-electron chi connectivity index (χ0n) is 11.4. The Balaban J connectivity index is 2.47. The minimum absolute atomic E-state index is 0.329. The normalized spacial score (nSPS) is 16.7. The molecule has 0 saturated heterocycles. The fourth-order valence-electron chi connectivity index (χ4n) is 2.37. The van der Waals surface area contributed by atoms with E-state index in [0.29, 0.717) is 17.7 Å². The molecule has 0 amide bonds. The summed E-state index contributed by atoms with van der Waals surface area (Å²) in [6.07, 6.45) is -0.879. The lowest BCUT2D eigenvalue weighted by Gasteiger charge is -2.36. The van der Waals surface area contributed by atoms with Crippen LogP contribution in [-0.2, 0) is 5.41 Å². The van der Waals surface area contributed by atoms with Crippen LogP contribution in [-0.4, -0.2) is 19.0 Å². The van der Waals surface area contributed by atoms with Gasteiger partial charge in [0.1, 0.15) is 5.58 Å². The minimum atomic E-state index is -2.45. The predicted molar refractivity (Wildman–Crippen MR) is 72.7 cm³/mol. The monoisotopic (exact) mass is 267 g/mol. The number of alkyl halides is 2. The Morgan fingerprint density at radius 1 is 1.32 bits per heavy atom. The Hall–Kier alpha value is -1.42. The Morgan fingerprint density at radius 3 is 2.68 bits per heavy atom. The van der Waals surface area contributed by atoms with Gasteiger partial charge in [0.25, 0.3) is 0 Å². The molecule has 2 aromatic rings. The quantitative estimate of drug-likeness (QED) is 0.887. The standard InChI is InChI=1S/C15H19F2NO/c1-4-18-10(2)15(3,14(16)17)12-6-5-11-7-8-19-13(11)9-12/h5-10,14,18H,4H2,1-3H3. The Labute approximate surface area is 111 Å². The molecule has 2 atom stereocenters. The summed E-state index contributed by atoms with van der Waals surface area (Å²) in [7, 11) is 0. The third kappa shape index (κ3) is 2.37. The van der Waals surface area contributed by atoms with Crippen molar-refractivity contribution in [3.63, 3.8) is 0 Å². The number of furan rings is 1. The van der Waals surface area contributed by atoms with Crippen LogP contribution < -0.4 is 5.32 Å². The summed E-state index contributed by atoms with van der Waals surface area (Å²) in [6.45, 7) is 5.96. The van der Waals surface area contributed by atoms with Crippen molar-refractivity contribution in [3.05, 3.63) is 36.1 Å². The topological polar surface area (TPSA) is 25.2 Å². The maximum absolute atomic E-state index is 13.6. The SMILES string of the molecule is CCNC(C)C(C)(c1ccc2ccoc2c1)C(F)F. The van der Waals surface area contributed by atoms with Gasteiger partial charge >= 0.3 is 0 Å². The van der Waals surface area contributed by atoms with Gasteiger partial charge in [0.15, 0.2) is 0 Å². The zero-order valence-corrected chi connectivity index (χ0v) is 11.4. The molecule has 0 saturated carbocycles. The molecule has 0 radical (unpaired) electrons. The van der Waals surface area contributed by atoms with Crippen molar-refractivity contribution in [2.45, 2.75) is 38.7 Å². The van der Waals surface area contributed by atoms with Gasteiger partial charge in [-0.05, 0) is 38.1 Å². The van der Waals surface area contributed by atoms with Gasteiger partial charge in [0, 0.05) is 11.4 Å². The predicted octanol–water partition coefficient (Wildman–Crippen LogP) is 3.95. The lowest BCUT2D eigenvalue weighted by atomic mass is 9.76. The molecule has 2 unspecified atom stereocenters. The highest BCUT2D eigenvalue weighted by atomic mass is 19.3. The molecule has 2 nitrogen and oxygen atoms in total. The summed E-state index contributed by atoms with van der Waals surface area (Å²) in [5, 5.41) is 4.02. The van der Waals surface area contributed by atoms with E-state index in [1.807, 2.05) is 19.1 Å². The first kappa shape index (κ1) is 14.0. The summed E-state index contributed by atoms with van der Waals surface area (Å²) < 4.78 is 32.5. The van der Waals surface area contributed by atoms with E-state index in [4.69, 9.17) is 4.42 Å². The lowest BCUT2D eigenvalue weighted by Crippen LogP contribution is -2.49. The van der Waals surface area contributed by atoms with Crippen molar-refractivity contribution in [2.75, 3.05) is 6.54 Å². The molecule has 1 heterocycles. The van der Waals surface area contributed by atoms with Gasteiger partial charge in [-0.15, -0.1) is 0 Å². The third-order valence-corrected chi connectivity index (χ3v) is 3.94. The van der Waals surface area contributed by atoms with Crippen molar-refractivity contribution in [3.8, 4) is 0 Å². The molecule has 1 aromatic heterocycles. The summed E-state index contributed by atoms with van der Waals surface area (Å²) in [4.78, 5) is 0. The fourth-order valence-corrected chi connectivity index (χ4v) is 2.37. The van der Waals surface area contributed by atoms with Crippen LogP contribution in [0.5, 0.6) is 0 Å². The Kier molecular flexibility index (Phi) is 3.90. The summed E-state index contributed by atoms with van der Waals surface area (Å²) in [5.41, 5.74) is 0.00301. The van der Waals surface area contributed by atoms with Crippen LogP contribution in [0.4, 0.5) is 8.78 Å². The number of likely N-dealkylation sites (N-methyl/N-ethyl adjacent to an activating group) is 1. The molecule has 0 spiro atoms. The van der Waals surface area contributed by atoms with Crippen LogP contribution >= 0.6 is 0 Å². The molecule has 0 aliphatic rings. The molecule has 4 heteroatoms. The average molecular weight is 267 g/mol. The van der Waals surface area contributed by atoms with E-state index in [1.165, 1.54) is 0 Å². The van der Waals surface area contributed by atoms with E-state index in [1.54, 1.807) is 32.2 Å². The number of rotatable bonds is 5. The Morgan fingerprint density at radius 2 is 2.05 bits per heavy atom. The van der Waals surface area contributed by atoms with Gasteiger partial charge in [-0.2, -0.15) is 0 Å². The van der Waals surface area contributed by atoms with E-state index < -0.39 is 11.8 Å². The summed E-state index contributed by atoms with van der Waals surface area (Å²) in [5.74, 6) is 0. The molecule has 19 heavy (non-hydrogen) atoms. The van der Waals surface area contributed by atoms with E-state index in [9.17, 15) is 8.78 Å². The van der Waals surface area contributed by atoms with Crippen LogP contribution in [0.2, 0.25) is 0 Å². The van der Waals surface area contributed by atoms with Crippen molar-refractivity contribution >= 4 is 11.0 Å². The van der Waals surface area contributed by atoms with Crippen LogP contribution in [0.15, 0.2) is 34.9 Å². The van der Waals surface area contributed by atoms with E-state index in [2.05, 4.69) is 5.32 Å². The van der Waals surface area contributed by atoms with E-state index >= 15 is 0 Å². The molecule has 2 rings (SSSR count). The first-order valence-electron chi connectivity index (χ1n) is 6.49. The van der Waals surface area contributed by atoms with Crippen LogP contribution in [0, 0.1) is 0 Å². The van der Waals surface area contributed by atoms with Gasteiger partial charge in [0.05, 0.1) is 11.7 Å². The second-order valence-corrected chi connectivity index (χ2v) is 5.04. The molecule has 0 bridgehead atoms. The molecule has 1 aromatic carbocycles. The Bertz CT molecular complexity index is 552. The van der Waals surface area contributed by atoms with Crippen molar-refractivity contribution < 1.29 is 13.2 Å². The minimum Gasteiger partial charge on any atom is -0.464 e. The van der Waals surface area contributed by atoms with E-state index in [-0.39, 0.29) is 6.04 Å². The molecular formula is C15H19F2NO. The lowest BCUT2D eigenvalue weighted by molar-refractivity contribution is 0.0395. The van der Waals surface area contributed by atoms with Crippen LogP contribution in [0.1, 0.15) is 26.3 Å². The number of nitrogens with one attached hydrogen (secondary N) is 1. The maximum atomic E-state index is 13.6. The van der Waals surface area contributed by atoms with Gasteiger partial charge in [0.2, 0.25) is 6.43 Å². The molecule has 0 aliphatic heterocycles. The number of halogens is 2. The molecule has 0 fully saturated rings. The molecule has 1 N–H and O–H groups in total. The first-order valence-corrected chi connectivity index (χ1v) is 6.49. The smallest absolute Gasteiger partial charge is 0.249 e. The van der Waals surface area contributed by atoms with Gasteiger partial charge < -0.3 is 9.73 Å². The second kappa shape index (κ2) is 5.29. The molecular weight excluding hydrogens is 248 g/mol. The van der Waals surface area contributed by atoms with Crippen molar-refractivity contribution in [1.82, 2.24) is 5.32 Å². The number of hydrogen-bond donors (Lipinski definition) is 1. The van der Waals surface area contributed by atoms with Crippen LogP contribution in [0.3, 0.4) is 0 Å². The zero-order chi connectivity index (χ0) is 14.0. The molecule has 0 aliphatic carbocycles. The fraction of sp³-hybridized carbons (Fsp3) is 0.467. The highest BCUT2D eigenvalue weighted by Crippen LogP contribution is 2.36.